The molecule has 0 fully saturated rings. The van der Waals surface area contributed by atoms with Crippen LogP contribution >= 0.6 is 0 Å². The SMILES string of the molecule is CCn1cnnc1-c1nccn1C. The van der Waals surface area contributed by atoms with Crippen molar-refractivity contribution in [3.63, 3.8) is 0 Å². The van der Waals surface area contributed by atoms with Crippen LogP contribution in [0.1, 0.15) is 6.92 Å². The fourth-order valence-corrected chi connectivity index (χ4v) is 1.24. The Hall–Kier alpha value is -1.65. The zero-order valence-electron chi connectivity index (χ0n) is 7.68. The molecule has 0 aliphatic rings. The molecule has 5 heteroatoms. The summed E-state index contributed by atoms with van der Waals surface area (Å²) in [7, 11) is 1.94. The third kappa shape index (κ3) is 1.22. The maximum Gasteiger partial charge on any atom is 0.199 e. The number of hydrogen-bond acceptors (Lipinski definition) is 3. The first-order valence-electron chi connectivity index (χ1n) is 4.18. The van der Waals surface area contributed by atoms with E-state index in [1.54, 1.807) is 12.5 Å². The average Bonchev–Trinajstić information content (AvgIpc) is 2.71. The van der Waals surface area contributed by atoms with Gasteiger partial charge in [-0.3, -0.25) is 0 Å². The Bertz CT molecular complexity index is 400. The molecule has 68 valence electrons. The van der Waals surface area contributed by atoms with Gasteiger partial charge < -0.3 is 9.13 Å². The van der Waals surface area contributed by atoms with Gasteiger partial charge >= 0.3 is 0 Å². The minimum absolute atomic E-state index is 0.815. The van der Waals surface area contributed by atoms with Gasteiger partial charge in [0, 0.05) is 26.0 Å². The predicted octanol–water partition coefficient (Wildman–Crippen LogP) is 0.698. The van der Waals surface area contributed by atoms with Crippen molar-refractivity contribution in [3.8, 4) is 11.6 Å². The summed E-state index contributed by atoms with van der Waals surface area (Å²) < 4.78 is 3.89. The summed E-state index contributed by atoms with van der Waals surface area (Å²) in [5.74, 6) is 1.66. The maximum atomic E-state index is 4.21. The summed E-state index contributed by atoms with van der Waals surface area (Å²) >= 11 is 0. The average molecular weight is 177 g/mol. The van der Waals surface area contributed by atoms with Gasteiger partial charge in [-0.05, 0) is 6.92 Å². The van der Waals surface area contributed by atoms with E-state index >= 15 is 0 Å². The van der Waals surface area contributed by atoms with Crippen molar-refractivity contribution in [3.05, 3.63) is 18.7 Å². The normalized spacial score (nSPS) is 10.6. The molecule has 0 saturated carbocycles. The molecule has 0 saturated heterocycles. The van der Waals surface area contributed by atoms with Crippen LogP contribution in [0.15, 0.2) is 18.7 Å². The molecule has 5 nitrogen and oxygen atoms in total. The summed E-state index contributed by atoms with van der Waals surface area (Å²) in [6, 6.07) is 0. The van der Waals surface area contributed by atoms with Crippen LogP contribution in [0.25, 0.3) is 11.6 Å². The Morgan fingerprint density at radius 1 is 1.38 bits per heavy atom. The second-order valence-electron chi connectivity index (χ2n) is 2.80. The van der Waals surface area contributed by atoms with E-state index in [0.717, 1.165) is 18.2 Å². The number of hydrogen-bond donors (Lipinski definition) is 0. The van der Waals surface area contributed by atoms with Crippen LogP contribution in [0.2, 0.25) is 0 Å². The van der Waals surface area contributed by atoms with E-state index in [1.807, 2.05) is 22.4 Å². The summed E-state index contributed by atoms with van der Waals surface area (Å²) in [5, 5.41) is 7.87. The number of aryl methyl sites for hydroxylation is 2. The van der Waals surface area contributed by atoms with Crippen LogP contribution in [-0.4, -0.2) is 24.3 Å². The summed E-state index contributed by atoms with van der Waals surface area (Å²) in [5.41, 5.74) is 0. The molecule has 0 radical (unpaired) electrons. The van der Waals surface area contributed by atoms with Gasteiger partial charge in [-0.1, -0.05) is 0 Å². The van der Waals surface area contributed by atoms with E-state index in [2.05, 4.69) is 22.1 Å². The third-order valence-corrected chi connectivity index (χ3v) is 1.98. The van der Waals surface area contributed by atoms with Gasteiger partial charge in [0.1, 0.15) is 6.33 Å². The standard InChI is InChI=1S/C8H11N5/c1-3-13-6-10-11-8(13)7-9-4-5-12(7)2/h4-6H,3H2,1-2H3. The topological polar surface area (TPSA) is 48.5 Å². The minimum Gasteiger partial charge on any atom is -0.331 e. The van der Waals surface area contributed by atoms with Crippen molar-refractivity contribution in [2.45, 2.75) is 13.5 Å². The van der Waals surface area contributed by atoms with Gasteiger partial charge in [0.05, 0.1) is 0 Å². The van der Waals surface area contributed by atoms with Crippen molar-refractivity contribution < 1.29 is 0 Å². The zero-order valence-corrected chi connectivity index (χ0v) is 7.68. The van der Waals surface area contributed by atoms with Gasteiger partial charge in [-0.25, -0.2) is 4.98 Å². The van der Waals surface area contributed by atoms with Crippen molar-refractivity contribution in [2.75, 3.05) is 0 Å². The van der Waals surface area contributed by atoms with Gasteiger partial charge in [-0.15, -0.1) is 10.2 Å². The van der Waals surface area contributed by atoms with Crippen LogP contribution in [-0.2, 0) is 13.6 Å². The monoisotopic (exact) mass is 177 g/mol. The summed E-state index contributed by atoms with van der Waals surface area (Å²) in [6.07, 6.45) is 5.36. The molecule has 0 aliphatic carbocycles. The molecule has 2 aromatic heterocycles. The van der Waals surface area contributed by atoms with Gasteiger partial charge in [0.15, 0.2) is 11.6 Å². The highest BCUT2D eigenvalue weighted by molar-refractivity contribution is 5.43. The van der Waals surface area contributed by atoms with Crippen LogP contribution in [0.4, 0.5) is 0 Å². The fraction of sp³-hybridized carbons (Fsp3) is 0.375. The second kappa shape index (κ2) is 3.01. The highest BCUT2D eigenvalue weighted by atomic mass is 15.3. The highest BCUT2D eigenvalue weighted by Crippen LogP contribution is 2.12. The molecule has 0 amide bonds. The summed E-state index contributed by atoms with van der Waals surface area (Å²) in [6.45, 7) is 2.91. The lowest BCUT2D eigenvalue weighted by Crippen LogP contribution is -2.00. The Labute approximate surface area is 76.0 Å². The van der Waals surface area contributed by atoms with E-state index < -0.39 is 0 Å². The lowest BCUT2D eigenvalue weighted by atomic mass is 10.5. The molecule has 0 unspecified atom stereocenters. The first kappa shape index (κ1) is 7.97. The number of aromatic nitrogens is 5. The van der Waals surface area contributed by atoms with Crippen molar-refractivity contribution in [1.29, 1.82) is 0 Å². The zero-order chi connectivity index (χ0) is 9.26. The molecule has 2 heterocycles. The second-order valence-corrected chi connectivity index (χ2v) is 2.80. The first-order valence-corrected chi connectivity index (χ1v) is 4.18. The molecule has 0 aliphatic heterocycles. The van der Waals surface area contributed by atoms with Crippen molar-refractivity contribution >= 4 is 0 Å². The number of nitrogens with zero attached hydrogens (tertiary/aromatic N) is 5. The smallest absolute Gasteiger partial charge is 0.199 e. The molecule has 0 bridgehead atoms. The Morgan fingerprint density at radius 3 is 2.85 bits per heavy atom. The minimum atomic E-state index is 0.815. The van der Waals surface area contributed by atoms with Crippen molar-refractivity contribution in [1.82, 2.24) is 24.3 Å². The van der Waals surface area contributed by atoms with Crippen LogP contribution < -0.4 is 0 Å². The molecule has 0 N–H and O–H groups in total. The Balaban J connectivity index is 2.52. The fourth-order valence-electron chi connectivity index (χ4n) is 1.24. The first-order chi connectivity index (χ1) is 6.33. The highest BCUT2D eigenvalue weighted by Gasteiger charge is 2.09. The quantitative estimate of drug-likeness (QED) is 0.678. The largest absolute Gasteiger partial charge is 0.331 e. The number of rotatable bonds is 2. The lowest BCUT2D eigenvalue weighted by molar-refractivity contribution is 0.753. The van der Waals surface area contributed by atoms with E-state index in [0.29, 0.717) is 0 Å². The molecule has 2 rings (SSSR count). The van der Waals surface area contributed by atoms with Gasteiger partial charge in [0.2, 0.25) is 0 Å². The number of imidazole rings is 1. The van der Waals surface area contributed by atoms with Crippen molar-refractivity contribution in [2.24, 2.45) is 7.05 Å². The molecule has 2 aromatic rings. The Kier molecular flexibility index (Phi) is 1.84. The van der Waals surface area contributed by atoms with E-state index in [-0.39, 0.29) is 0 Å². The molecule has 0 aromatic carbocycles. The molecule has 0 atom stereocenters. The van der Waals surface area contributed by atoms with Crippen LogP contribution in [0.3, 0.4) is 0 Å². The summed E-state index contributed by atoms with van der Waals surface area (Å²) in [4.78, 5) is 4.21. The Morgan fingerprint density at radius 2 is 2.23 bits per heavy atom. The van der Waals surface area contributed by atoms with E-state index in [1.165, 1.54) is 0 Å². The molecule has 0 spiro atoms. The lowest BCUT2D eigenvalue weighted by Gasteiger charge is -2.01. The van der Waals surface area contributed by atoms with E-state index in [4.69, 9.17) is 0 Å². The van der Waals surface area contributed by atoms with E-state index in [9.17, 15) is 0 Å². The molecular weight excluding hydrogens is 166 g/mol. The molecular formula is C8H11N5. The van der Waals surface area contributed by atoms with Gasteiger partial charge in [-0.2, -0.15) is 0 Å². The van der Waals surface area contributed by atoms with Gasteiger partial charge in [0.25, 0.3) is 0 Å². The maximum absolute atomic E-state index is 4.21. The van der Waals surface area contributed by atoms with Crippen LogP contribution in [0.5, 0.6) is 0 Å². The molecule has 13 heavy (non-hydrogen) atoms. The third-order valence-electron chi connectivity index (χ3n) is 1.98. The van der Waals surface area contributed by atoms with Crippen LogP contribution in [0, 0.1) is 0 Å². The predicted molar refractivity (Wildman–Crippen MR) is 47.9 cm³/mol.